The number of hydrogen-bond acceptors (Lipinski definition) is 4. The summed E-state index contributed by atoms with van der Waals surface area (Å²) in [6.07, 6.45) is 3.03. The highest BCUT2D eigenvalue weighted by atomic mass is 16.3. The Hall–Kier alpha value is -2.07. The molecule has 0 spiro atoms. The van der Waals surface area contributed by atoms with Crippen LogP contribution in [0.1, 0.15) is 12.0 Å². The summed E-state index contributed by atoms with van der Waals surface area (Å²) >= 11 is 0. The van der Waals surface area contributed by atoms with Crippen molar-refractivity contribution < 1.29 is 4.42 Å². The molecule has 92 valence electrons. The molecule has 3 rings (SSSR count). The maximum atomic E-state index is 12.0. The van der Waals surface area contributed by atoms with Crippen LogP contribution in [0.3, 0.4) is 0 Å². The highest BCUT2D eigenvalue weighted by Gasteiger charge is 2.14. The third-order valence-electron chi connectivity index (χ3n) is 3.18. The van der Waals surface area contributed by atoms with Crippen LogP contribution in [-0.2, 0) is 0 Å². The van der Waals surface area contributed by atoms with Gasteiger partial charge >= 0.3 is 0 Å². The molecule has 4 heteroatoms. The Bertz CT molecular complexity index is 643. The predicted octanol–water partition coefficient (Wildman–Crippen LogP) is 1.70. The summed E-state index contributed by atoms with van der Waals surface area (Å²) in [5.74, 6) is 0.871. The molecule has 4 nitrogen and oxygen atoms in total. The van der Waals surface area contributed by atoms with E-state index in [0.29, 0.717) is 17.2 Å². The van der Waals surface area contributed by atoms with Gasteiger partial charge in [-0.2, -0.15) is 0 Å². The average Bonchev–Trinajstić information content (AvgIpc) is 2.39. The van der Waals surface area contributed by atoms with Crippen molar-refractivity contribution in [3.8, 4) is 11.3 Å². The standard InChI is InChI=1S/C14H14N2O2/c15-14-2-1-11-12(17)7-10(8-13(11)18-14)9-3-5-16-6-4-9/h1-3,7-8,16H,4-6,15H2. The summed E-state index contributed by atoms with van der Waals surface area (Å²) in [6, 6.07) is 6.87. The largest absolute Gasteiger partial charge is 0.441 e. The lowest BCUT2D eigenvalue weighted by Gasteiger charge is -2.15. The second-order valence-electron chi connectivity index (χ2n) is 4.41. The van der Waals surface area contributed by atoms with E-state index in [4.69, 9.17) is 10.2 Å². The summed E-state index contributed by atoms with van der Waals surface area (Å²) in [5.41, 5.74) is 8.28. The number of fused-ring (bicyclic) bond motifs is 1. The molecular formula is C14H14N2O2. The van der Waals surface area contributed by atoms with Crippen LogP contribution in [0.15, 0.2) is 39.6 Å². The molecule has 0 aromatic heterocycles. The molecule has 3 N–H and O–H groups in total. The minimum Gasteiger partial charge on any atom is -0.441 e. The van der Waals surface area contributed by atoms with E-state index in [2.05, 4.69) is 11.4 Å². The van der Waals surface area contributed by atoms with Crippen LogP contribution < -0.4 is 16.5 Å². The molecule has 3 aliphatic rings. The normalized spacial score (nSPS) is 15.7. The molecule has 1 aliphatic carbocycles. The van der Waals surface area contributed by atoms with Gasteiger partial charge in [-0.05, 0) is 48.4 Å². The summed E-state index contributed by atoms with van der Waals surface area (Å²) in [6.45, 7) is 1.78. The van der Waals surface area contributed by atoms with Crippen LogP contribution in [0.2, 0.25) is 0 Å². The van der Waals surface area contributed by atoms with Gasteiger partial charge in [0.2, 0.25) is 0 Å². The third-order valence-corrected chi connectivity index (χ3v) is 3.18. The zero-order valence-electron chi connectivity index (χ0n) is 9.90. The molecule has 2 aliphatic heterocycles. The molecule has 0 radical (unpaired) electrons. The topological polar surface area (TPSA) is 68.3 Å². The van der Waals surface area contributed by atoms with Gasteiger partial charge in [0.25, 0.3) is 0 Å². The van der Waals surface area contributed by atoms with E-state index in [9.17, 15) is 4.79 Å². The number of nitrogens with one attached hydrogen (secondary N) is 1. The van der Waals surface area contributed by atoms with Gasteiger partial charge in [-0.1, -0.05) is 6.08 Å². The summed E-state index contributed by atoms with van der Waals surface area (Å²) in [5, 5.41) is 3.25. The van der Waals surface area contributed by atoms with E-state index in [-0.39, 0.29) is 5.43 Å². The Labute approximate surface area is 104 Å². The number of nitrogen functional groups attached to an aromatic ring is 1. The van der Waals surface area contributed by atoms with Crippen molar-refractivity contribution in [2.45, 2.75) is 6.42 Å². The lowest BCUT2D eigenvalue weighted by molar-refractivity contribution is 0.586. The van der Waals surface area contributed by atoms with E-state index < -0.39 is 0 Å². The Morgan fingerprint density at radius 2 is 2.17 bits per heavy atom. The predicted molar refractivity (Wildman–Crippen MR) is 71.5 cm³/mol. The van der Waals surface area contributed by atoms with Crippen molar-refractivity contribution in [2.24, 2.45) is 0 Å². The van der Waals surface area contributed by atoms with Crippen LogP contribution in [0.25, 0.3) is 16.9 Å². The fourth-order valence-corrected chi connectivity index (χ4v) is 2.25. The van der Waals surface area contributed by atoms with Crippen molar-refractivity contribution in [1.82, 2.24) is 5.32 Å². The van der Waals surface area contributed by atoms with Gasteiger partial charge in [-0.25, -0.2) is 0 Å². The molecule has 2 heterocycles. The molecule has 0 saturated carbocycles. The smallest absolute Gasteiger partial charge is 0.190 e. The summed E-state index contributed by atoms with van der Waals surface area (Å²) in [7, 11) is 0. The van der Waals surface area contributed by atoms with Gasteiger partial charge < -0.3 is 15.5 Å². The molecule has 0 amide bonds. The summed E-state index contributed by atoms with van der Waals surface area (Å²) in [4.78, 5) is 12.0. The highest BCUT2D eigenvalue weighted by Crippen LogP contribution is 2.26. The first-order valence-electron chi connectivity index (χ1n) is 5.97. The minimum atomic E-state index is -0.0225. The fourth-order valence-electron chi connectivity index (χ4n) is 2.25. The van der Waals surface area contributed by atoms with Crippen molar-refractivity contribution in [1.29, 1.82) is 0 Å². The Kier molecular flexibility index (Phi) is 2.64. The molecule has 0 atom stereocenters. The van der Waals surface area contributed by atoms with Gasteiger partial charge in [-0.3, -0.25) is 4.79 Å². The van der Waals surface area contributed by atoms with Crippen molar-refractivity contribution in [3.63, 3.8) is 0 Å². The van der Waals surface area contributed by atoms with Gasteiger partial charge in [0.15, 0.2) is 11.3 Å². The van der Waals surface area contributed by atoms with E-state index >= 15 is 0 Å². The van der Waals surface area contributed by atoms with E-state index in [1.165, 1.54) is 5.57 Å². The van der Waals surface area contributed by atoms with Crippen LogP contribution in [-0.4, -0.2) is 13.1 Å². The lowest BCUT2D eigenvalue weighted by Crippen LogP contribution is -2.20. The fraction of sp³-hybridized carbons (Fsp3) is 0.214. The number of hydrogen-bond donors (Lipinski definition) is 2. The summed E-state index contributed by atoms with van der Waals surface area (Å²) < 4.78 is 5.41. The second kappa shape index (κ2) is 4.31. The quantitative estimate of drug-likeness (QED) is 0.798. The van der Waals surface area contributed by atoms with E-state index in [1.54, 1.807) is 18.2 Å². The van der Waals surface area contributed by atoms with Gasteiger partial charge in [0.1, 0.15) is 5.76 Å². The van der Waals surface area contributed by atoms with Gasteiger partial charge in [0, 0.05) is 6.54 Å². The number of benzene rings is 1. The average molecular weight is 242 g/mol. The van der Waals surface area contributed by atoms with Crippen molar-refractivity contribution in [3.05, 3.63) is 46.1 Å². The molecule has 0 bridgehead atoms. The molecular weight excluding hydrogens is 228 g/mol. The first-order chi connectivity index (χ1) is 8.74. The zero-order chi connectivity index (χ0) is 12.5. The van der Waals surface area contributed by atoms with E-state index in [1.807, 2.05) is 6.07 Å². The lowest BCUT2D eigenvalue weighted by atomic mass is 9.97. The second-order valence-corrected chi connectivity index (χ2v) is 4.41. The number of anilines is 1. The Morgan fingerprint density at radius 3 is 2.94 bits per heavy atom. The molecule has 0 aromatic rings. The van der Waals surface area contributed by atoms with Crippen molar-refractivity contribution >= 4 is 11.5 Å². The maximum Gasteiger partial charge on any atom is 0.190 e. The Morgan fingerprint density at radius 1 is 1.28 bits per heavy atom. The van der Waals surface area contributed by atoms with Crippen LogP contribution >= 0.6 is 0 Å². The third kappa shape index (κ3) is 1.91. The minimum absolute atomic E-state index is 0.0225. The molecule has 18 heavy (non-hydrogen) atoms. The van der Waals surface area contributed by atoms with Gasteiger partial charge in [0.05, 0.1) is 5.56 Å². The molecule has 0 fully saturated rings. The van der Waals surface area contributed by atoms with E-state index in [0.717, 1.165) is 25.1 Å². The van der Waals surface area contributed by atoms with Crippen LogP contribution in [0, 0.1) is 0 Å². The van der Waals surface area contributed by atoms with Crippen LogP contribution in [0.4, 0.5) is 5.88 Å². The number of nitrogens with two attached hydrogens (primary N) is 1. The number of rotatable bonds is 1. The van der Waals surface area contributed by atoms with Gasteiger partial charge in [-0.15, -0.1) is 0 Å². The molecule has 0 aromatic carbocycles. The first-order valence-corrected chi connectivity index (χ1v) is 5.97. The van der Waals surface area contributed by atoms with Crippen LogP contribution in [0.5, 0.6) is 0 Å². The molecule has 0 unspecified atom stereocenters. The maximum absolute atomic E-state index is 12.0. The highest BCUT2D eigenvalue weighted by molar-refractivity contribution is 5.73. The first kappa shape index (κ1) is 11.0. The zero-order valence-corrected chi connectivity index (χ0v) is 9.90. The van der Waals surface area contributed by atoms with Crippen molar-refractivity contribution in [2.75, 3.05) is 18.8 Å². The molecule has 0 saturated heterocycles. The SMILES string of the molecule is Nc1ccc2c(=O)cc(C3=CCNCC3)cc-2o1. The Balaban J connectivity index is 2.17. The monoisotopic (exact) mass is 242 g/mol.